The van der Waals surface area contributed by atoms with Crippen molar-refractivity contribution in [2.75, 3.05) is 26.2 Å². The summed E-state index contributed by atoms with van der Waals surface area (Å²) in [5.41, 5.74) is 0. The van der Waals surface area contributed by atoms with Crippen LogP contribution >= 0.6 is 0 Å². The van der Waals surface area contributed by atoms with E-state index in [9.17, 15) is 22.8 Å². The van der Waals surface area contributed by atoms with Gasteiger partial charge in [-0.15, -0.1) is 13.2 Å². The Kier molecular flexibility index (Phi) is 6.44. The first kappa shape index (κ1) is 20.2. The summed E-state index contributed by atoms with van der Waals surface area (Å²) in [6.45, 7) is 2.97. The van der Waals surface area contributed by atoms with Crippen LogP contribution in [0.2, 0.25) is 0 Å². The molecule has 3 aliphatic rings. The van der Waals surface area contributed by atoms with Gasteiger partial charge in [0.2, 0.25) is 12.3 Å². The fourth-order valence-electron chi connectivity index (χ4n) is 4.60. The molecular formula is C19H27F3N2O3. The van der Waals surface area contributed by atoms with Crippen LogP contribution in [0.1, 0.15) is 38.5 Å². The lowest BCUT2D eigenvalue weighted by atomic mass is 9.87. The van der Waals surface area contributed by atoms with Gasteiger partial charge in [0.1, 0.15) is 0 Å². The van der Waals surface area contributed by atoms with Crippen LogP contribution in [0.5, 0.6) is 0 Å². The zero-order valence-corrected chi connectivity index (χ0v) is 15.4. The second-order valence-electron chi connectivity index (χ2n) is 7.94. The average molecular weight is 388 g/mol. The van der Waals surface area contributed by atoms with E-state index in [1.807, 2.05) is 15.9 Å². The number of nitrogens with zero attached hydrogens (tertiary/aromatic N) is 2. The number of carbonyl (C=O) groups is 2. The summed E-state index contributed by atoms with van der Waals surface area (Å²) < 4.78 is 40.8. The number of allylic oxidation sites excluding steroid dienone is 1. The highest BCUT2D eigenvalue weighted by Crippen LogP contribution is 2.32. The van der Waals surface area contributed by atoms with Crippen molar-refractivity contribution in [2.45, 2.75) is 51.0 Å². The van der Waals surface area contributed by atoms with E-state index in [0.717, 1.165) is 32.3 Å². The first-order valence-corrected chi connectivity index (χ1v) is 9.75. The molecule has 2 aliphatic heterocycles. The summed E-state index contributed by atoms with van der Waals surface area (Å²) in [4.78, 5) is 27.1. The molecule has 27 heavy (non-hydrogen) atoms. The predicted molar refractivity (Wildman–Crippen MR) is 92.5 cm³/mol. The van der Waals surface area contributed by atoms with Crippen molar-refractivity contribution in [1.29, 1.82) is 0 Å². The van der Waals surface area contributed by atoms with E-state index in [0.29, 0.717) is 50.6 Å². The molecule has 0 radical (unpaired) electrons. The van der Waals surface area contributed by atoms with Crippen molar-refractivity contribution in [2.24, 2.45) is 17.8 Å². The molecule has 8 heteroatoms. The van der Waals surface area contributed by atoms with E-state index in [1.54, 1.807) is 6.08 Å². The molecule has 2 amide bonds. The van der Waals surface area contributed by atoms with Crippen LogP contribution in [-0.2, 0) is 14.3 Å². The minimum Gasteiger partial charge on any atom is -0.345 e. The molecule has 0 aromatic rings. The summed E-state index contributed by atoms with van der Waals surface area (Å²) in [5, 5.41) is 0. The van der Waals surface area contributed by atoms with Crippen molar-refractivity contribution in [3.05, 3.63) is 12.2 Å². The van der Waals surface area contributed by atoms with Crippen molar-refractivity contribution < 1.29 is 27.5 Å². The van der Waals surface area contributed by atoms with Crippen LogP contribution in [0.3, 0.4) is 0 Å². The normalized spacial score (nSPS) is 32.4. The fraction of sp³-hybridized carbons (Fsp3) is 0.789. The number of likely N-dealkylation sites (tertiary alicyclic amines) is 2. The van der Waals surface area contributed by atoms with Crippen LogP contribution in [0, 0.1) is 17.8 Å². The number of ether oxygens (including phenoxy) is 1. The molecule has 2 heterocycles. The predicted octanol–water partition coefficient (Wildman–Crippen LogP) is 2.96. The molecule has 1 aliphatic carbocycles. The van der Waals surface area contributed by atoms with Gasteiger partial charge < -0.3 is 9.80 Å². The highest BCUT2D eigenvalue weighted by Gasteiger charge is 2.36. The Morgan fingerprint density at radius 2 is 1.56 bits per heavy atom. The molecular weight excluding hydrogens is 361 g/mol. The van der Waals surface area contributed by atoms with Gasteiger partial charge in [0.15, 0.2) is 0 Å². The van der Waals surface area contributed by atoms with Gasteiger partial charge in [-0.25, -0.2) is 0 Å². The second kappa shape index (κ2) is 8.63. The quantitative estimate of drug-likeness (QED) is 0.550. The van der Waals surface area contributed by atoms with Gasteiger partial charge in [0.25, 0.3) is 0 Å². The van der Waals surface area contributed by atoms with Gasteiger partial charge in [-0.05, 0) is 62.4 Å². The lowest BCUT2D eigenvalue weighted by molar-refractivity contribution is -0.345. The Balaban J connectivity index is 1.42. The maximum absolute atomic E-state index is 12.5. The maximum atomic E-state index is 12.5. The van der Waals surface area contributed by atoms with E-state index >= 15 is 0 Å². The molecule has 0 N–H and O–H groups in total. The van der Waals surface area contributed by atoms with E-state index in [-0.39, 0.29) is 11.8 Å². The maximum Gasteiger partial charge on any atom is 0.522 e. The molecule has 3 rings (SSSR count). The highest BCUT2D eigenvalue weighted by molar-refractivity contribution is 5.87. The zero-order chi connectivity index (χ0) is 19.4. The van der Waals surface area contributed by atoms with E-state index in [4.69, 9.17) is 0 Å². The number of amides is 2. The van der Waals surface area contributed by atoms with Crippen LogP contribution in [0.4, 0.5) is 13.2 Å². The summed E-state index contributed by atoms with van der Waals surface area (Å²) in [5.74, 6) is 1.06. The van der Waals surface area contributed by atoms with Gasteiger partial charge in [0, 0.05) is 26.2 Å². The van der Waals surface area contributed by atoms with E-state index in [1.165, 1.54) is 0 Å². The number of fused-ring (bicyclic) bond motifs is 1. The topological polar surface area (TPSA) is 49.9 Å². The first-order valence-electron chi connectivity index (χ1n) is 9.75. The van der Waals surface area contributed by atoms with Gasteiger partial charge in [-0.3, -0.25) is 14.3 Å². The summed E-state index contributed by atoms with van der Waals surface area (Å²) in [7, 11) is 0. The Morgan fingerprint density at radius 3 is 2.07 bits per heavy atom. The third-order valence-corrected chi connectivity index (χ3v) is 6.14. The minimum absolute atomic E-state index is 0.0177. The van der Waals surface area contributed by atoms with Crippen molar-refractivity contribution >= 4 is 12.3 Å². The monoisotopic (exact) mass is 388 g/mol. The molecule has 3 fully saturated rings. The molecule has 2 saturated heterocycles. The van der Waals surface area contributed by atoms with Crippen molar-refractivity contribution in [3.8, 4) is 0 Å². The summed E-state index contributed by atoms with van der Waals surface area (Å²) in [6.07, 6.45) is 2.79. The zero-order valence-electron chi connectivity index (χ0n) is 15.4. The Bertz CT molecular complexity index is 543. The smallest absolute Gasteiger partial charge is 0.345 e. The highest BCUT2D eigenvalue weighted by atomic mass is 19.4. The molecule has 0 bridgehead atoms. The van der Waals surface area contributed by atoms with Crippen molar-refractivity contribution in [1.82, 2.24) is 9.80 Å². The third-order valence-electron chi connectivity index (χ3n) is 6.14. The third kappa shape index (κ3) is 5.70. The number of halogens is 3. The number of hydrogen-bond donors (Lipinski definition) is 0. The standard InChI is InChI=1S/C19H27F3N2O3/c20-19(21,22)27-17-4-1-14(2-5-17)3-6-18(26)24-9-7-15-11-23(13-25)12-16(15)8-10-24/h3,6,13-17H,1-2,4-5,7-12H2. The summed E-state index contributed by atoms with van der Waals surface area (Å²) in [6, 6.07) is 0. The second-order valence-corrected chi connectivity index (χ2v) is 7.94. The number of carbonyl (C=O) groups excluding carboxylic acids is 2. The van der Waals surface area contributed by atoms with Crippen LogP contribution in [0.15, 0.2) is 12.2 Å². The van der Waals surface area contributed by atoms with E-state index in [2.05, 4.69) is 4.74 Å². The molecule has 0 aromatic carbocycles. The molecule has 1 saturated carbocycles. The van der Waals surface area contributed by atoms with E-state index < -0.39 is 12.5 Å². The fourth-order valence-corrected chi connectivity index (χ4v) is 4.60. The van der Waals surface area contributed by atoms with Crippen LogP contribution < -0.4 is 0 Å². The SMILES string of the molecule is O=CN1CC2CCN(C(=O)C=CC3CCC(OC(F)(F)F)CC3)CCC2C1. The van der Waals surface area contributed by atoms with Crippen LogP contribution in [0.25, 0.3) is 0 Å². The lowest BCUT2D eigenvalue weighted by Gasteiger charge is -2.27. The molecule has 0 spiro atoms. The van der Waals surface area contributed by atoms with Gasteiger partial charge >= 0.3 is 6.36 Å². The minimum atomic E-state index is -4.57. The van der Waals surface area contributed by atoms with Gasteiger partial charge in [0.05, 0.1) is 6.10 Å². The number of hydrogen-bond acceptors (Lipinski definition) is 3. The average Bonchev–Trinajstić information content (AvgIpc) is 2.92. The van der Waals surface area contributed by atoms with Gasteiger partial charge in [-0.2, -0.15) is 0 Å². The Labute approximate surface area is 157 Å². The molecule has 5 nitrogen and oxygen atoms in total. The molecule has 2 atom stereocenters. The van der Waals surface area contributed by atoms with Crippen molar-refractivity contribution in [3.63, 3.8) is 0 Å². The molecule has 0 aromatic heterocycles. The lowest BCUT2D eigenvalue weighted by Crippen LogP contribution is -2.32. The van der Waals surface area contributed by atoms with Crippen LogP contribution in [-0.4, -0.2) is 60.8 Å². The molecule has 152 valence electrons. The summed E-state index contributed by atoms with van der Waals surface area (Å²) >= 11 is 0. The van der Waals surface area contributed by atoms with Gasteiger partial charge in [-0.1, -0.05) is 6.08 Å². The number of alkyl halides is 3. The Hall–Kier alpha value is -1.57. The largest absolute Gasteiger partial charge is 0.522 e. The Morgan fingerprint density at radius 1 is 0.963 bits per heavy atom. The molecule has 2 unspecified atom stereocenters. The number of rotatable bonds is 4. The first-order chi connectivity index (χ1) is 12.8.